The van der Waals surface area contributed by atoms with E-state index in [2.05, 4.69) is 5.43 Å². The SMILES string of the molecule is CN1CCCc2cc(C3=CN(C(C)(C)C)NC3)c(C(F)(F)F)cc21. The van der Waals surface area contributed by atoms with Gasteiger partial charge in [0.15, 0.2) is 0 Å². The molecule has 2 aliphatic heterocycles. The number of aryl methyl sites for hydroxylation is 1. The van der Waals surface area contributed by atoms with Crippen LogP contribution in [0.25, 0.3) is 5.57 Å². The van der Waals surface area contributed by atoms with Gasteiger partial charge in [-0.3, -0.25) is 0 Å². The number of hydrogen-bond acceptors (Lipinski definition) is 3. The summed E-state index contributed by atoms with van der Waals surface area (Å²) in [7, 11) is 1.86. The lowest BCUT2D eigenvalue weighted by Crippen LogP contribution is -2.43. The van der Waals surface area contributed by atoms with E-state index in [0.717, 1.165) is 24.9 Å². The van der Waals surface area contributed by atoms with E-state index >= 15 is 0 Å². The van der Waals surface area contributed by atoms with Crippen LogP contribution in [0.1, 0.15) is 43.9 Å². The monoisotopic (exact) mass is 339 g/mol. The van der Waals surface area contributed by atoms with E-state index in [1.54, 1.807) is 6.07 Å². The lowest BCUT2D eigenvalue weighted by Gasteiger charge is -2.31. The van der Waals surface area contributed by atoms with Crippen molar-refractivity contribution in [3.05, 3.63) is 35.0 Å². The lowest BCUT2D eigenvalue weighted by atomic mass is 9.92. The van der Waals surface area contributed by atoms with Gasteiger partial charge in [0.05, 0.1) is 5.56 Å². The Kier molecular flexibility index (Phi) is 4.06. The highest BCUT2D eigenvalue weighted by Gasteiger charge is 2.37. The molecule has 24 heavy (non-hydrogen) atoms. The summed E-state index contributed by atoms with van der Waals surface area (Å²) in [6, 6.07) is 3.07. The van der Waals surface area contributed by atoms with Crippen LogP contribution in [0.2, 0.25) is 0 Å². The molecule has 0 amide bonds. The van der Waals surface area contributed by atoms with E-state index in [-0.39, 0.29) is 5.54 Å². The van der Waals surface area contributed by atoms with Crippen molar-refractivity contribution >= 4 is 11.3 Å². The second-order valence-electron chi connectivity index (χ2n) is 7.58. The lowest BCUT2D eigenvalue weighted by molar-refractivity contribution is -0.137. The molecule has 0 fully saturated rings. The molecule has 6 heteroatoms. The van der Waals surface area contributed by atoms with Gasteiger partial charge in [-0.15, -0.1) is 0 Å². The molecule has 0 radical (unpaired) electrons. The highest BCUT2D eigenvalue weighted by Crippen LogP contribution is 2.41. The van der Waals surface area contributed by atoms with Crippen molar-refractivity contribution < 1.29 is 13.2 Å². The third-order valence-corrected chi connectivity index (χ3v) is 4.67. The van der Waals surface area contributed by atoms with E-state index in [1.165, 1.54) is 6.07 Å². The summed E-state index contributed by atoms with van der Waals surface area (Å²) in [5.41, 5.74) is 5.14. The average Bonchev–Trinajstić information content (AvgIpc) is 2.95. The molecule has 0 bridgehead atoms. The Morgan fingerprint density at radius 2 is 1.83 bits per heavy atom. The van der Waals surface area contributed by atoms with Crippen LogP contribution in [0.3, 0.4) is 0 Å². The van der Waals surface area contributed by atoms with Gasteiger partial charge in [-0.05, 0) is 62.4 Å². The van der Waals surface area contributed by atoms with Gasteiger partial charge < -0.3 is 9.91 Å². The van der Waals surface area contributed by atoms with Crippen LogP contribution in [0.5, 0.6) is 0 Å². The molecule has 0 aliphatic carbocycles. The second kappa shape index (κ2) is 5.69. The van der Waals surface area contributed by atoms with Gasteiger partial charge >= 0.3 is 6.18 Å². The molecule has 1 aromatic carbocycles. The second-order valence-corrected chi connectivity index (χ2v) is 7.58. The van der Waals surface area contributed by atoms with Crippen LogP contribution in [0, 0.1) is 0 Å². The summed E-state index contributed by atoms with van der Waals surface area (Å²) in [5, 5.41) is 1.88. The number of hydrogen-bond donors (Lipinski definition) is 1. The highest BCUT2D eigenvalue weighted by molar-refractivity contribution is 5.75. The van der Waals surface area contributed by atoms with Crippen molar-refractivity contribution in [3.8, 4) is 0 Å². The predicted octanol–water partition coefficient (Wildman–Crippen LogP) is 4.05. The maximum Gasteiger partial charge on any atom is 0.417 e. The molecule has 0 saturated heterocycles. The Labute approximate surface area is 141 Å². The molecule has 1 N–H and O–H groups in total. The first-order chi connectivity index (χ1) is 11.1. The van der Waals surface area contributed by atoms with Gasteiger partial charge in [-0.1, -0.05) is 0 Å². The fourth-order valence-corrected chi connectivity index (χ4v) is 3.33. The number of hydrazine groups is 1. The number of rotatable bonds is 1. The molecule has 0 unspecified atom stereocenters. The molecule has 3 nitrogen and oxygen atoms in total. The summed E-state index contributed by atoms with van der Waals surface area (Å²) >= 11 is 0. The number of fused-ring (bicyclic) bond motifs is 1. The Hall–Kier alpha value is -1.69. The van der Waals surface area contributed by atoms with Crippen LogP contribution in [0.15, 0.2) is 18.3 Å². The van der Waals surface area contributed by atoms with Gasteiger partial charge in [-0.25, -0.2) is 5.43 Å². The molecule has 3 rings (SSSR count). The molecule has 132 valence electrons. The van der Waals surface area contributed by atoms with Crippen molar-refractivity contribution in [2.75, 3.05) is 25.0 Å². The van der Waals surface area contributed by atoms with Crippen molar-refractivity contribution in [2.45, 2.75) is 45.3 Å². The number of halogens is 3. The summed E-state index contributed by atoms with van der Waals surface area (Å²) in [6.07, 6.45) is -0.754. The van der Waals surface area contributed by atoms with E-state index in [0.29, 0.717) is 23.4 Å². The van der Waals surface area contributed by atoms with E-state index in [1.807, 2.05) is 43.9 Å². The summed E-state index contributed by atoms with van der Waals surface area (Å²) in [6.45, 7) is 7.27. The van der Waals surface area contributed by atoms with Crippen LogP contribution in [-0.2, 0) is 12.6 Å². The van der Waals surface area contributed by atoms with Crippen LogP contribution < -0.4 is 10.3 Å². The molecule has 0 spiro atoms. The molecule has 0 atom stereocenters. The normalized spacial score (nSPS) is 18.7. The quantitative estimate of drug-likeness (QED) is 0.833. The standard InChI is InChI=1S/C18H24F3N3/c1-17(2,3)24-11-13(10-22-24)14-8-12-6-5-7-23(4)16(12)9-15(14)18(19,20)21/h8-9,11,22H,5-7,10H2,1-4H3. The van der Waals surface area contributed by atoms with E-state index < -0.39 is 11.7 Å². The highest BCUT2D eigenvalue weighted by atomic mass is 19.4. The molecule has 2 heterocycles. The van der Waals surface area contributed by atoms with Crippen molar-refractivity contribution in [2.24, 2.45) is 0 Å². The van der Waals surface area contributed by atoms with Gasteiger partial charge in [0.2, 0.25) is 0 Å². The number of nitrogens with one attached hydrogen (secondary N) is 1. The van der Waals surface area contributed by atoms with Gasteiger partial charge in [-0.2, -0.15) is 13.2 Å². The minimum Gasteiger partial charge on any atom is -0.374 e. The third kappa shape index (κ3) is 3.11. The summed E-state index contributed by atoms with van der Waals surface area (Å²) in [4.78, 5) is 1.92. The molecule has 0 saturated carbocycles. The fourth-order valence-electron chi connectivity index (χ4n) is 3.33. The smallest absolute Gasteiger partial charge is 0.374 e. The van der Waals surface area contributed by atoms with Crippen molar-refractivity contribution in [1.82, 2.24) is 10.4 Å². The fraction of sp³-hybridized carbons (Fsp3) is 0.556. The molecule has 2 aliphatic rings. The number of nitrogens with zero attached hydrogens (tertiary/aromatic N) is 2. The zero-order valence-corrected chi connectivity index (χ0v) is 14.6. The third-order valence-electron chi connectivity index (χ3n) is 4.67. The first kappa shape index (κ1) is 17.1. The largest absolute Gasteiger partial charge is 0.417 e. The van der Waals surface area contributed by atoms with Gasteiger partial charge in [0.1, 0.15) is 0 Å². The molecular formula is C18H24F3N3. The Morgan fingerprint density at radius 1 is 1.12 bits per heavy atom. The first-order valence-electron chi connectivity index (χ1n) is 8.26. The minimum atomic E-state index is -4.36. The van der Waals surface area contributed by atoms with Gasteiger partial charge in [0.25, 0.3) is 0 Å². The van der Waals surface area contributed by atoms with Crippen molar-refractivity contribution in [3.63, 3.8) is 0 Å². The van der Waals surface area contributed by atoms with E-state index in [4.69, 9.17) is 0 Å². The topological polar surface area (TPSA) is 18.5 Å². The van der Waals surface area contributed by atoms with Crippen LogP contribution >= 0.6 is 0 Å². The molecule has 0 aromatic heterocycles. The first-order valence-corrected chi connectivity index (χ1v) is 8.26. The zero-order chi connectivity index (χ0) is 17.7. The summed E-state index contributed by atoms with van der Waals surface area (Å²) < 4.78 is 41.0. The van der Waals surface area contributed by atoms with E-state index in [9.17, 15) is 13.2 Å². The van der Waals surface area contributed by atoms with Crippen molar-refractivity contribution in [1.29, 1.82) is 0 Å². The van der Waals surface area contributed by atoms with Crippen LogP contribution in [-0.4, -0.2) is 30.7 Å². The Bertz CT molecular complexity index is 671. The number of benzene rings is 1. The zero-order valence-electron chi connectivity index (χ0n) is 14.6. The average molecular weight is 339 g/mol. The summed E-state index contributed by atoms with van der Waals surface area (Å²) in [5.74, 6) is 0. The predicted molar refractivity (Wildman–Crippen MR) is 90.6 cm³/mol. The molecule has 1 aromatic rings. The molecular weight excluding hydrogens is 315 g/mol. The maximum atomic E-state index is 13.7. The van der Waals surface area contributed by atoms with Crippen LogP contribution in [0.4, 0.5) is 18.9 Å². The maximum absolute atomic E-state index is 13.7. The number of alkyl halides is 3. The Morgan fingerprint density at radius 3 is 2.42 bits per heavy atom. The Balaban J connectivity index is 2.10. The van der Waals surface area contributed by atoms with Gasteiger partial charge in [0, 0.05) is 37.6 Å². The minimum absolute atomic E-state index is 0.186. The number of anilines is 1.